The van der Waals surface area contributed by atoms with E-state index in [0.717, 1.165) is 22.3 Å². The van der Waals surface area contributed by atoms with E-state index in [4.69, 9.17) is 11.6 Å². The number of amides is 3. The molecule has 0 saturated heterocycles. The minimum Gasteiger partial charge on any atom is -0.344 e. The number of fused-ring (bicyclic) bond motifs is 1. The molecule has 35 heavy (non-hydrogen) atoms. The van der Waals surface area contributed by atoms with Gasteiger partial charge in [-0.3, -0.25) is 19.8 Å². The zero-order valence-corrected chi connectivity index (χ0v) is 20.4. The van der Waals surface area contributed by atoms with Crippen LogP contribution in [0.4, 0.5) is 5.69 Å². The van der Waals surface area contributed by atoms with Crippen LogP contribution in [0.3, 0.4) is 0 Å². The van der Waals surface area contributed by atoms with Gasteiger partial charge in [-0.1, -0.05) is 59.1 Å². The molecule has 0 radical (unpaired) electrons. The molecule has 178 valence electrons. The highest BCUT2D eigenvalue weighted by Gasteiger charge is 2.21. The smallest absolute Gasteiger partial charge is 0.328 e. The van der Waals surface area contributed by atoms with Gasteiger partial charge in [0.15, 0.2) is 0 Å². The summed E-state index contributed by atoms with van der Waals surface area (Å²) >= 11 is 6.13. The van der Waals surface area contributed by atoms with Crippen molar-refractivity contribution in [3.8, 4) is 0 Å². The third-order valence-electron chi connectivity index (χ3n) is 5.62. The number of carbonyl (C=O) groups excluding carboxylic acids is 3. The summed E-state index contributed by atoms with van der Waals surface area (Å²) in [5.41, 5.74) is 7.83. The molecule has 1 aromatic heterocycles. The van der Waals surface area contributed by atoms with Gasteiger partial charge in [-0.05, 0) is 62.2 Å². The minimum atomic E-state index is -0.898. The van der Waals surface area contributed by atoms with Crippen molar-refractivity contribution in [2.24, 2.45) is 0 Å². The fourth-order valence-electron chi connectivity index (χ4n) is 3.73. The van der Waals surface area contributed by atoms with E-state index in [0.29, 0.717) is 21.6 Å². The Morgan fingerprint density at radius 2 is 1.54 bits per heavy atom. The maximum absolute atomic E-state index is 13.2. The molecule has 3 amide bonds. The fourth-order valence-corrected chi connectivity index (χ4v) is 3.92. The Morgan fingerprint density at radius 1 is 0.829 bits per heavy atom. The van der Waals surface area contributed by atoms with Crippen molar-refractivity contribution >= 4 is 45.9 Å². The molecule has 0 aliphatic carbocycles. The third kappa shape index (κ3) is 5.53. The van der Waals surface area contributed by atoms with Gasteiger partial charge in [-0.2, -0.15) is 0 Å². The first-order chi connectivity index (χ1) is 16.7. The van der Waals surface area contributed by atoms with Gasteiger partial charge in [-0.25, -0.2) is 4.68 Å². The normalized spacial score (nSPS) is 10.7. The molecule has 4 aromatic rings. The van der Waals surface area contributed by atoms with Crippen LogP contribution in [0.25, 0.3) is 10.9 Å². The second-order valence-electron chi connectivity index (χ2n) is 8.45. The van der Waals surface area contributed by atoms with Gasteiger partial charge in [0, 0.05) is 22.6 Å². The summed E-state index contributed by atoms with van der Waals surface area (Å²) in [7, 11) is 0. The molecule has 4 rings (SSSR count). The highest BCUT2D eigenvalue weighted by molar-refractivity contribution is 6.38. The van der Waals surface area contributed by atoms with Crippen LogP contribution >= 0.6 is 11.6 Å². The number of carbonyl (C=O) groups is 3. The Kier molecular flexibility index (Phi) is 6.89. The quantitative estimate of drug-likeness (QED) is 0.350. The van der Waals surface area contributed by atoms with Crippen molar-refractivity contribution in [3.63, 3.8) is 0 Å². The first-order valence-electron chi connectivity index (χ1n) is 11.1. The Labute approximate surface area is 208 Å². The van der Waals surface area contributed by atoms with Gasteiger partial charge in [-0.15, -0.1) is 0 Å². The van der Waals surface area contributed by atoms with Gasteiger partial charge >= 0.3 is 11.8 Å². The van der Waals surface area contributed by atoms with Crippen molar-refractivity contribution in [1.82, 2.24) is 9.99 Å². The molecule has 3 aromatic carbocycles. The molecule has 0 aliphatic heterocycles. The van der Waals surface area contributed by atoms with Crippen LogP contribution in [-0.4, -0.2) is 22.4 Å². The monoisotopic (exact) mass is 488 g/mol. The molecule has 1 heterocycles. The topological polar surface area (TPSA) is 92.2 Å². The van der Waals surface area contributed by atoms with Crippen LogP contribution in [0.2, 0.25) is 5.02 Å². The lowest BCUT2D eigenvalue weighted by Crippen LogP contribution is -2.39. The standard InChI is InChI=1S/C27H25ClN4O3/c1-16-4-7-19(8-5-16)15-29-26(34)27(35)31-32-23-11-9-21(28)13-20(23)14-24(32)25(33)30-22-10-6-17(2)12-18(22)3/h4-14H,15H2,1-3H3,(H,29,34)(H,30,33)(H,31,35). The van der Waals surface area contributed by atoms with E-state index < -0.39 is 17.7 Å². The number of hydrogen-bond acceptors (Lipinski definition) is 3. The van der Waals surface area contributed by atoms with Gasteiger partial charge in [0.2, 0.25) is 0 Å². The molecular weight excluding hydrogens is 464 g/mol. The zero-order chi connectivity index (χ0) is 25.1. The van der Waals surface area contributed by atoms with Crippen molar-refractivity contribution in [1.29, 1.82) is 0 Å². The molecular formula is C27H25ClN4O3. The van der Waals surface area contributed by atoms with Crippen molar-refractivity contribution < 1.29 is 14.4 Å². The molecule has 0 aliphatic rings. The Bertz CT molecular complexity index is 1440. The molecule has 0 unspecified atom stereocenters. The van der Waals surface area contributed by atoms with Gasteiger partial charge in [0.05, 0.1) is 5.52 Å². The number of aryl methyl sites for hydroxylation is 3. The van der Waals surface area contributed by atoms with Gasteiger partial charge in [0.25, 0.3) is 5.91 Å². The van der Waals surface area contributed by atoms with E-state index in [1.165, 1.54) is 4.68 Å². The van der Waals surface area contributed by atoms with Crippen LogP contribution in [0.5, 0.6) is 0 Å². The number of aromatic nitrogens is 1. The Hall–Kier alpha value is -4.10. The molecule has 8 heteroatoms. The maximum Gasteiger partial charge on any atom is 0.328 e. The largest absolute Gasteiger partial charge is 0.344 e. The summed E-state index contributed by atoms with van der Waals surface area (Å²) < 4.78 is 1.30. The molecule has 0 fully saturated rings. The third-order valence-corrected chi connectivity index (χ3v) is 5.85. The summed E-state index contributed by atoms with van der Waals surface area (Å²) in [6.45, 7) is 6.05. The zero-order valence-electron chi connectivity index (χ0n) is 19.6. The van der Waals surface area contributed by atoms with Gasteiger partial charge in [0.1, 0.15) is 5.69 Å². The highest BCUT2D eigenvalue weighted by Crippen LogP contribution is 2.24. The summed E-state index contributed by atoms with van der Waals surface area (Å²) in [5, 5.41) is 6.61. The molecule has 7 nitrogen and oxygen atoms in total. The van der Waals surface area contributed by atoms with Crippen LogP contribution in [-0.2, 0) is 16.1 Å². The van der Waals surface area contributed by atoms with E-state index in [9.17, 15) is 14.4 Å². The minimum absolute atomic E-state index is 0.155. The predicted molar refractivity (Wildman–Crippen MR) is 138 cm³/mol. The average molecular weight is 489 g/mol. The molecule has 0 spiro atoms. The SMILES string of the molecule is Cc1ccc(CNC(=O)C(=O)Nn2c(C(=O)Nc3ccc(C)cc3C)cc3cc(Cl)ccc32)cc1. The summed E-state index contributed by atoms with van der Waals surface area (Å²) in [6.07, 6.45) is 0. The number of nitrogens with zero attached hydrogens (tertiary/aromatic N) is 1. The molecule has 3 N–H and O–H groups in total. The van der Waals surface area contributed by atoms with Crippen molar-refractivity contribution in [2.45, 2.75) is 27.3 Å². The van der Waals surface area contributed by atoms with Crippen molar-refractivity contribution in [3.05, 3.63) is 99.7 Å². The van der Waals surface area contributed by atoms with Crippen molar-refractivity contribution in [2.75, 3.05) is 10.7 Å². The number of anilines is 1. The highest BCUT2D eigenvalue weighted by atomic mass is 35.5. The summed E-state index contributed by atoms with van der Waals surface area (Å²) in [4.78, 5) is 38.4. The van der Waals surface area contributed by atoms with Crippen LogP contribution in [0.15, 0.2) is 66.7 Å². The summed E-state index contributed by atoms with van der Waals surface area (Å²) in [6, 6.07) is 19.9. The molecule has 0 bridgehead atoms. The second-order valence-corrected chi connectivity index (χ2v) is 8.89. The first-order valence-corrected chi connectivity index (χ1v) is 11.4. The molecule has 0 atom stereocenters. The average Bonchev–Trinajstić information content (AvgIpc) is 3.17. The Morgan fingerprint density at radius 3 is 2.26 bits per heavy atom. The van der Waals surface area contributed by atoms with E-state index in [2.05, 4.69) is 16.1 Å². The fraction of sp³-hybridized carbons (Fsp3) is 0.148. The molecule has 0 saturated carbocycles. The van der Waals surface area contributed by atoms with E-state index in [-0.39, 0.29) is 12.2 Å². The number of halogens is 1. The number of hydrogen-bond donors (Lipinski definition) is 3. The lowest BCUT2D eigenvalue weighted by molar-refractivity contribution is -0.136. The van der Waals surface area contributed by atoms with Crippen LogP contribution in [0.1, 0.15) is 32.7 Å². The summed E-state index contributed by atoms with van der Waals surface area (Å²) in [5.74, 6) is -2.16. The second kappa shape index (κ2) is 10.0. The number of nitrogens with one attached hydrogen (secondary N) is 3. The van der Waals surface area contributed by atoms with Gasteiger partial charge < -0.3 is 10.6 Å². The van der Waals surface area contributed by atoms with E-state index >= 15 is 0 Å². The lowest BCUT2D eigenvalue weighted by Gasteiger charge is -2.14. The number of benzene rings is 3. The first kappa shape index (κ1) is 24.0. The number of rotatable bonds is 5. The van der Waals surface area contributed by atoms with Crippen LogP contribution < -0.4 is 16.1 Å². The maximum atomic E-state index is 13.2. The van der Waals surface area contributed by atoms with Crippen LogP contribution in [0, 0.1) is 20.8 Å². The van der Waals surface area contributed by atoms with E-state index in [1.54, 1.807) is 24.3 Å². The van der Waals surface area contributed by atoms with E-state index in [1.807, 2.05) is 63.2 Å². The predicted octanol–water partition coefficient (Wildman–Crippen LogP) is 4.86. The Balaban J connectivity index is 1.57. The lowest BCUT2D eigenvalue weighted by atomic mass is 10.1.